The van der Waals surface area contributed by atoms with E-state index in [1.54, 1.807) is 0 Å². The van der Waals surface area contributed by atoms with Crippen LogP contribution in [0.15, 0.2) is 30.3 Å². The van der Waals surface area contributed by atoms with Crippen LogP contribution in [0.25, 0.3) is 0 Å². The quantitative estimate of drug-likeness (QED) is 0.754. The lowest BCUT2D eigenvalue weighted by Crippen LogP contribution is -2.33. The number of thioether (sulfide) groups is 1. The van der Waals surface area contributed by atoms with Gasteiger partial charge in [0.25, 0.3) is 0 Å². The Hall–Kier alpha value is -1.49. The Balaban J connectivity index is 2.43. The van der Waals surface area contributed by atoms with Crippen LogP contribution >= 0.6 is 11.8 Å². The van der Waals surface area contributed by atoms with Crippen LogP contribution in [0.4, 0.5) is 5.69 Å². The summed E-state index contributed by atoms with van der Waals surface area (Å²) in [6.45, 7) is 3.72. The van der Waals surface area contributed by atoms with Gasteiger partial charge in [0.05, 0.1) is 11.8 Å². The maximum atomic E-state index is 12.1. The molecule has 0 saturated carbocycles. The average Bonchev–Trinajstić information content (AvgIpc) is 2.35. The molecule has 0 atom stereocenters. The number of amides is 1. The Kier molecular flexibility index (Phi) is 5.89. The van der Waals surface area contributed by atoms with Crippen LogP contribution in [0.5, 0.6) is 0 Å². The largest absolute Gasteiger partial charge is 0.481 e. The Morgan fingerprint density at radius 3 is 2.47 bits per heavy atom. The van der Waals surface area contributed by atoms with Crippen LogP contribution in [-0.4, -0.2) is 28.5 Å². The van der Waals surface area contributed by atoms with Gasteiger partial charge in [0.2, 0.25) is 5.91 Å². The summed E-state index contributed by atoms with van der Waals surface area (Å²) in [5, 5.41) is 11.4. The molecule has 0 saturated heterocycles. The van der Waals surface area contributed by atoms with E-state index in [0.29, 0.717) is 11.5 Å². The highest BCUT2D eigenvalue weighted by Crippen LogP contribution is 2.24. The van der Waals surface area contributed by atoms with E-state index in [2.05, 4.69) is 5.32 Å². The summed E-state index contributed by atoms with van der Waals surface area (Å²) in [5.41, 5.74) is 0.245. The smallest absolute Gasteiger partial charge is 0.304 e. The van der Waals surface area contributed by atoms with Crippen molar-refractivity contribution < 1.29 is 14.7 Å². The molecule has 0 bridgehead atoms. The predicted octanol–water partition coefficient (Wildman–Crippen LogP) is 2.86. The van der Waals surface area contributed by atoms with Crippen LogP contribution in [0.1, 0.15) is 20.3 Å². The number of carbonyl (C=O) groups excluding carboxylic acids is 1. The molecule has 2 N–H and O–H groups in total. The second-order valence-corrected chi connectivity index (χ2v) is 6.01. The molecule has 1 amide bonds. The van der Waals surface area contributed by atoms with Gasteiger partial charge in [-0.2, -0.15) is 11.8 Å². The van der Waals surface area contributed by atoms with Gasteiger partial charge in [0, 0.05) is 17.2 Å². The third-order valence-corrected chi connectivity index (χ3v) is 3.99. The third kappa shape index (κ3) is 5.79. The van der Waals surface area contributed by atoms with Crippen LogP contribution in [-0.2, 0) is 9.59 Å². The van der Waals surface area contributed by atoms with Gasteiger partial charge in [-0.3, -0.25) is 9.59 Å². The molecule has 0 fully saturated rings. The van der Waals surface area contributed by atoms with Gasteiger partial charge in [0.1, 0.15) is 0 Å². The number of aliphatic carboxylic acids is 1. The van der Waals surface area contributed by atoms with Crippen molar-refractivity contribution in [2.24, 2.45) is 5.41 Å². The van der Waals surface area contributed by atoms with Crippen LogP contribution in [0.2, 0.25) is 0 Å². The zero-order chi connectivity index (χ0) is 14.3. The van der Waals surface area contributed by atoms with E-state index in [-0.39, 0.29) is 12.3 Å². The molecule has 0 aromatic heterocycles. The SMILES string of the molecule is CC(C)(CSCCC(=O)O)C(=O)Nc1ccccc1. The van der Waals surface area contributed by atoms with E-state index in [1.165, 1.54) is 11.8 Å². The molecule has 4 nitrogen and oxygen atoms in total. The molecule has 0 aliphatic carbocycles. The summed E-state index contributed by atoms with van der Waals surface area (Å²) in [6, 6.07) is 9.30. The number of nitrogens with one attached hydrogen (secondary N) is 1. The summed E-state index contributed by atoms with van der Waals surface area (Å²) in [5.74, 6) is 0.261. The lowest BCUT2D eigenvalue weighted by Gasteiger charge is -2.23. The van der Waals surface area contributed by atoms with E-state index in [4.69, 9.17) is 5.11 Å². The van der Waals surface area contributed by atoms with Crippen molar-refractivity contribution in [3.63, 3.8) is 0 Å². The number of hydrogen-bond acceptors (Lipinski definition) is 3. The van der Waals surface area contributed by atoms with Crippen molar-refractivity contribution in [1.29, 1.82) is 0 Å². The monoisotopic (exact) mass is 281 g/mol. The van der Waals surface area contributed by atoms with Gasteiger partial charge in [-0.1, -0.05) is 32.0 Å². The summed E-state index contributed by atoms with van der Waals surface area (Å²) in [6.07, 6.45) is 0.126. The van der Waals surface area contributed by atoms with E-state index in [1.807, 2.05) is 44.2 Å². The highest BCUT2D eigenvalue weighted by molar-refractivity contribution is 7.99. The Morgan fingerprint density at radius 1 is 1.26 bits per heavy atom. The number of rotatable bonds is 7. The predicted molar refractivity (Wildman–Crippen MR) is 78.4 cm³/mol. The lowest BCUT2D eigenvalue weighted by atomic mass is 9.95. The van der Waals surface area contributed by atoms with Gasteiger partial charge in [-0.05, 0) is 12.1 Å². The molecule has 1 aromatic carbocycles. The van der Waals surface area contributed by atoms with Crippen molar-refractivity contribution in [1.82, 2.24) is 0 Å². The molecular weight excluding hydrogens is 262 g/mol. The summed E-state index contributed by atoms with van der Waals surface area (Å²) >= 11 is 1.49. The molecule has 104 valence electrons. The van der Waals surface area contributed by atoms with Gasteiger partial charge < -0.3 is 10.4 Å². The molecule has 19 heavy (non-hydrogen) atoms. The molecule has 1 rings (SSSR count). The molecule has 5 heteroatoms. The van der Waals surface area contributed by atoms with Gasteiger partial charge in [-0.25, -0.2) is 0 Å². The number of anilines is 1. The summed E-state index contributed by atoms with van der Waals surface area (Å²) in [4.78, 5) is 22.5. The first kappa shape index (κ1) is 15.6. The number of benzene rings is 1. The average molecular weight is 281 g/mol. The number of carbonyl (C=O) groups is 2. The normalized spacial score (nSPS) is 11.1. The lowest BCUT2D eigenvalue weighted by molar-refractivity contribution is -0.136. The standard InChI is InChI=1S/C14H19NO3S/c1-14(2,10-19-9-8-12(16)17)13(18)15-11-6-4-3-5-7-11/h3-7H,8-10H2,1-2H3,(H,15,18)(H,16,17). The van der Waals surface area contributed by atoms with Crippen molar-refractivity contribution >= 4 is 29.3 Å². The van der Waals surface area contributed by atoms with Crippen LogP contribution in [0.3, 0.4) is 0 Å². The van der Waals surface area contributed by atoms with Crippen molar-refractivity contribution in [3.8, 4) is 0 Å². The third-order valence-electron chi connectivity index (χ3n) is 2.57. The highest BCUT2D eigenvalue weighted by atomic mass is 32.2. The van der Waals surface area contributed by atoms with E-state index in [9.17, 15) is 9.59 Å². The van der Waals surface area contributed by atoms with Crippen LogP contribution < -0.4 is 5.32 Å². The molecule has 0 spiro atoms. The zero-order valence-corrected chi connectivity index (χ0v) is 12.0. The number of carboxylic acid groups (broad SMARTS) is 1. The molecular formula is C14H19NO3S. The topological polar surface area (TPSA) is 66.4 Å². The molecule has 1 aromatic rings. The minimum atomic E-state index is -0.806. The second-order valence-electron chi connectivity index (χ2n) is 4.90. The molecule has 0 unspecified atom stereocenters. The van der Waals surface area contributed by atoms with Crippen LogP contribution in [0, 0.1) is 5.41 Å². The fraction of sp³-hybridized carbons (Fsp3) is 0.429. The van der Waals surface area contributed by atoms with E-state index in [0.717, 1.165) is 5.69 Å². The fourth-order valence-corrected chi connectivity index (χ4v) is 2.48. The molecule has 0 heterocycles. The number of para-hydroxylation sites is 1. The number of carboxylic acids is 1. The van der Waals surface area contributed by atoms with Gasteiger partial charge in [0.15, 0.2) is 0 Å². The van der Waals surface area contributed by atoms with Crippen molar-refractivity contribution in [2.75, 3.05) is 16.8 Å². The van der Waals surface area contributed by atoms with Crippen molar-refractivity contribution in [3.05, 3.63) is 30.3 Å². The van der Waals surface area contributed by atoms with Crippen molar-refractivity contribution in [2.45, 2.75) is 20.3 Å². The van der Waals surface area contributed by atoms with E-state index < -0.39 is 11.4 Å². The maximum absolute atomic E-state index is 12.1. The first-order valence-electron chi connectivity index (χ1n) is 6.08. The van der Waals surface area contributed by atoms with Gasteiger partial charge >= 0.3 is 5.97 Å². The first-order valence-corrected chi connectivity index (χ1v) is 7.23. The Labute approximate surface area is 117 Å². The molecule has 0 aliphatic heterocycles. The second kappa shape index (κ2) is 7.19. The summed E-state index contributed by atoms with van der Waals surface area (Å²) in [7, 11) is 0. The van der Waals surface area contributed by atoms with Gasteiger partial charge in [-0.15, -0.1) is 0 Å². The molecule has 0 radical (unpaired) electrons. The molecule has 0 aliphatic rings. The Bertz CT molecular complexity index is 432. The fourth-order valence-electron chi connectivity index (χ4n) is 1.37. The summed E-state index contributed by atoms with van der Waals surface area (Å²) < 4.78 is 0. The minimum absolute atomic E-state index is 0.0541. The van der Waals surface area contributed by atoms with E-state index >= 15 is 0 Å². The highest BCUT2D eigenvalue weighted by Gasteiger charge is 2.27. The maximum Gasteiger partial charge on any atom is 0.304 e. The minimum Gasteiger partial charge on any atom is -0.481 e. The number of hydrogen-bond donors (Lipinski definition) is 2. The first-order chi connectivity index (χ1) is 8.92. The zero-order valence-electron chi connectivity index (χ0n) is 11.2. The Morgan fingerprint density at radius 2 is 1.89 bits per heavy atom.